The number of aliphatic hydroxyl groups is 16. The summed E-state index contributed by atoms with van der Waals surface area (Å²) in [5.74, 6) is -15.1. The van der Waals surface area contributed by atoms with Crippen LogP contribution in [0.25, 0.3) is 0 Å². The zero-order chi connectivity index (χ0) is 74.9. The minimum atomic E-state index is -2.02. The van der Waals surface area contributed by atoms with Crippen LogP contribution in [0.3, 0.4) is 0 Å². The molecule has 32 unspecified atom stereocenters. The second-order valence-electron chi connectivity index (χ2n) is 26.8. The van der Waals surface area contributed by atoms with Crippen molar-refractivity contribution >= 4 is 30.2 Å². The van der Waals surface area contributed by atoms with Crippen LogP contribution in [-0.2, 0) is 99.8 Å². The van der Waals surface area contributed by atoms with Gasteiger partial charge in [-0.2, -0.15) is 0 Å². The van der Waals surface area contributed by atoms with E-state index in [1.807, 2.05) is 0 Å². The van der Waals surface area contributed by atoms with Gasteiger partial charge in [-0.3, -0.25) is 4.79 Å². The maximum Gasteiger partial charge on any atom is 0.338 e. The highest BCUT2D eigenvalue weighted by Gasteiger charge is 2.59. The Morgan fingerprint density at radius 3 is 1.10 bits per heavy atom. The zero-order valence-electron chi connectivity index (χ0n) is 56.0. The second-order valence-corrected chi connectivity index (χ2v) is 26.8. The Hall–Kier alpha value is -6.03. The van der Waals surface area contributed by atoms with E-state index < -0.39 is 282 Å². The molecule has 16 N–H and O–H groups in total. The SMILES string of the molecule is C=CC1C(OC2OC(CO)C(O)C(O)C2O)OC=C(C(=O)OC2C[C@@H]3C(C(=O)OC)=COC(OC4OC(CO)C(O)C(O)C4O)[C@H]3C2C)C1CC=C(C=O)C1C(C(=O)OC2C[C@H]3C(C(=O)OC)=COC(OC4OC(CO)C(O)C(O)C4O)[C@@H]3C2C)=COC(OC2OC(CO)C(O)C(O)C2O)C1C=C. The third kappa shape index (κ3) is 15.6. The van der Waals surface area contributed by atoms with Crippen LogP contribution in [0.2, 0.25) is 0 Å². The van der Waals surface area contributed by atoms with Crippen molar-refractivity contribution < 1.29 is 181 Å². The summed E-state index contributed by atoms with van der Waals surface area (Å²) in [5.41, 5.74) is -1.13. The lowest BCUT2D eigenvalue weighted by Crippen LogP contribution is -2.60. The smallest absolute Gasteiger partial charge is 0.338 e. The number of rotatable bonds is 24. The molecule has 8 aliphatic heterocycles. The highest BCUT2D eigenvalue weighted by atomic mass is 16.8. The third-order valence-corrected chi connectivity index (χ3v) is 21.2. The van der Waals surface area contributed by atoms with Crippen molar-refractivity contribution in [2.75, 3.05) is 40.6 Å². The number of ether oxygens (including phenoxy) is 16. The van der Waals surface area contributed by atoms with Gasteiger partial charge in [-0.05, 0) is 24.8 Å². The summed E-state index contributed by atoms with van der Waals surface area (Å²) in [7, 11) is 2.22. The molecule has 0 amide bonds. The highest BCUT2D eigenvalue weighted by molar-refractivity contribution is 5.93. The van der Waals surface area contributed by atoms with Crippen molar-refractivity contribution in [3.8, 4) is 0 Å². The summed E-state index contributed by atoms with van der Waals surface area (Å²) in [4.78, 5) is 71.3. The van der Waals surface area contributed by atoms with Gasteiger partial charge in [0.1, 0.15) is 116 Å². The molecule has 37 heteroatoms. The van der Waals surface area contributed by atoms with Crippen molar-refractivity contribution in [3.63, 3.8) is 0 Å². The Morgan fingerprint density at radius 2 is 0.757 bits per heavy atom. The van der Waals surface area contributed by atoms with Crippen molar-refractivity contribution in [1.82, 2.24) is 0 Å². The number of fused-ring (bicyclic) bond motifs is 2. The minimum Gasteiger partial charge on any atom is -0.472 e. The maximum atomic E-state index is 15.3. The molecule has 0 aromatic heterocycles. The molecule has 2 aliphatic carbocycles. The predicted molar refractivity (Wildman–Crippen MR) is 330 cm³/mol. The van der Waals surface area contributed by atoms with E-state index in [4.69, 9.17) is 75.8 Å². The normalized spacial score (nSPS) is 45.3. The van der Waals surface area contributed by atoms with Gasteiger partial charge in [-0.1, -0.05) is 32.1 Å². The van der Waals surface area contributed by atoms with Gasteiger partial charge in [-0.15, -0.1) is 13.2 Å². The number of esters is 4. The molecular weight excluding hydrogens is 1380 g/mol. The van der Waals surface area contributed by atoms with Crippen LogP contribution in [-0.4, -0.2) is 313 Å². The van der Waals surface area contributed by atoms with Crippen molar-refractivity contribution in [2.24, 2.45) is 59.2 Å². The zero-order valence-corrected chi connectivity index (χ0v) is 56.0. The number of aldehydes is 1. The molecule has 0 aromatic rings. The lowest BCUT2D eigenvalue weighted by Gasteiger charge is -2.43. The van der Waals surface area contributed by atoms with Gasteiger partial charge in [0.2, 0.25) is 25.2 Å². The number of hydrogen-bond donors (Lipinski definition) is 16. The fraction of sp³-hybridized carbons (Fsp3) is 0.712. The van der Waals surface area contributed by atoms with Gasteiger partial charge >= 0.3 is 23.9 Å². The van der Waals surface area contributed by atoms with E-state index in [1.54, 1.807) is 13.8 Å². The van der Waals surface area contributed by atoms with Crippen molar-refractivity contribution in [3.05, 3.63) is 84.3 Å². The summed E-state index contributed by atoms with van der Waals surface area (Å²) in [6.07, 6.45) is -37.1. The Morgan fingerprint density at radius 1 is 0.437 bits per heavy atom. The summed E-state index contributed by atoms with van der Waals surface area (Å²) >= 11 is 0. The van der Waals surface area contributed by atoms with Crippen LogP contribution in [0.4, 0.5) is 0 Å². The van der Waals surface area contributed by atoms with Gasteiger partial charge in [0.05, 0.1) is 93.9 Å². The molecule has 576 valence electrons. The molecule has 2 saturated carbocycles. The van der Waals surface area contributed by atoms with Crippen molar-refractivity contribution in [2.45, 2.75) is 193 Å². The van der Waals surface area contributed by atoms with Crippen LogP contribution in [0.1, 0.15) is 33.1 Å². The number of methoxy groups -OCH3 is 2. The minimum absolute atomic E-state index is 0.0243. The molecule has 37 nitrogen and oxygen atoms in total. The molecule has 0 spiro atoms. The standard InChI is InChI=1S/C66H90O37/c1-7-25-27(30(18-90-59(25)100-63-51(80)47(76)43(72)36(14-68)96-63)57(86)94-34-11-28-31(55(84)88-5)19-92-61(40(28)22(34)3)102-65-53(82)49(78)45(74)38(16-70)98-65)10-9-24(13-67)42-26(8-2)60(101-64-52(81)48(77)44(73)37(15-69)97-64)91-21-33(42)58(87)95-35-12-29-32(56(85)89-6)20-93-62(41(29)23(35)4)103-66-54(83)50(79)46(75)39(17-71)99-66/h7-9,13,18-23,25-29,34-54,59-66,68-83H,1-2,10-12,14-17H2,3-6H3/t22?,23?,25?,26?,27?,28-,29+,34?,35?,36?,37?,38?,39?,40+,41-,42?,43?,44?,45?,46?,47?,48?,49?,50?,51?,52?,53?,54?,59?,60?,61?,62?,63?,64?,65?,66?/m1/s1. The summed E-state index contributed by atoms with van der Waals surface area (Å²) < 4.78 is 93.4. The molecule has 4 saturated heterocycles. The van der Waals surface area contributed by atoms with Crippen molar-refractivity contribution in [1.29, 1.82) is 0 Å². The van der Waals surface area contributed by atoms with E-state index >= 15 is 9.59 Å². The molecule has 0 bridgehead atoms. The number of carbonyl (C=O) groups is 5. The van der Waals surface area contributed by atoms with Gasteiger partial charge in [0.25, 0.3) is 0 Å². The van der Waals surface area contributed by atoms with Gasteiger partial charge in [0.15, 0.2) is 25.2 Å². The first kappa shape index (κ1) is 79.5. The van der Waals surface area contributed by atoms with Gasteiger partial charge in [0, 0.05) is 53.3 Å². The van der Waals surface area contributed by atoms with E-state index in [9.17, 15) is 96.1 Å². The molecule has 6 fully saturated rings. The number of allylic oxidation sites excluding steroid dienone is 2. The van der Waals surface area contributed by atoms with Gasteiger partial charge in [-0.25, -0.2) is 19.2 Å². The Kier molecular flexibility index (Phi) is 26.1. The predicted octanol–water partition coefficient (Wildman–Crippen LogP) is -6.72. The molecule has 0 aromatic carbocycles. The van der Waals surface area contributed by atoms with E-state index in [0.717, 1.165) is 39.3 Å². The number of carbonyl (C=O) groups excluding carboxylic acids is 5. The van der Waals surface area contributed by atoms with E-state index in [0.29, 0.717) is 6.29 Å². The fourth-order valence-corrected chi connectivity index (χ4v) is 15.2. The summed E-state index contributed by atoms with van der Waals surface area (Å²) in [5, 5.41) is 169. The molecular formula is C66H90O37. The quantitative estimate of drug-likeness (QED) is 0.0140. The fourth-order valence-electron chi connectivity index (χ4n) is 15.2. The average molecular weight is 1480 g/mol. The topological polar surface area (TPSA) is 557 Å². The Bertz CT molecular complexity index is 3170. The molecule has 103 heavy (non-hydrogen) atoms. The number of aliphatic hydroxyl groups excluding tert-OH is 16. The van der Waals surface area contributed by atoms with E-state index in [2.05, 4.69) is 13.2 Å². The van der Waals surface area contributed by atoms with E-state index in [1.165, 1.54) is 18.2 Å². The first-order valence-electron chi connectivity index (χ1n) is 33.4. The van der Waals surface area contributed by atoms with E-state index in [-0.39, 0.29) is 35.1 Å². The summed E-state index contributed by atoms with van der Waals surface area (Å²) in [6.45, 7) is 7.78. The molecule has 10 rings (SSSR count). The first-order valence-corrected chi connectivity index (χ1v) is 33.4. The maximum absolute atomic E-state index is 15.3. The highest BCUT2D eigenvalue weighted by Crippen LogP contribution is 2.52. The van der Waals surface area contributed by atoms with Crippen LogP contribution < -0.4 is 0 Å². The van der Waals surface area contributed by atoms with Crippen LogP contribution in [0.15, 0.2) is 84.3 Å². The number of hydrogen-bond acceptors (Lipinski definition) is 37. The molecule has 0 radical (unpaired) electrons. The summed E-state index contributed by atoms with van der Waals surface area (Å²) in [6, 6.07) is 0. The van der Waals surface area contributed by atoms with Gasteiger partial charge < -0.3 is 157 Å². The molecule has 36 atom stereocenters. The lowest BCUT2D eigenvalue weighted by atomic mass is 9.76. The lowest BCUT2D eigenvalue weighted by molar-refractivity contribution is -0.342. The second kappa shape index (κ2) is 33.8. The monoisotopic (exact) mass is 1470 g/mol. The Balaban J connectivity index is 0.986. The Labute approximate surface area is 587 Å². The van der Waals surface area contributed by atoms with Crippen LogP contribution >= 0.6 is 0 Å². The molecule has 8 heterocycles. The average Bonchev–Trinajstić information content (AvgIpc) is 1.67. The third-order valence-electron chi connectivity index (χ3n) is 21.2. The van der Waals surface area contributed by atoms with Crippen LogP contribution in [0, 0.1) is 59.2 Å². The largest absolute Gasteiger partial charge is 0.472 e. The molecule has 10 aliphatic rings. The van der Waals surface area contributed by atoms with Crippen LogP contribution in [0.5, 0.6) is 0 Å². The first-order chi connectivity index (χ1) is 49.1.